The van der Waals surface area contributed by atoms with Crippen LogP contribution in [-0.4, -0.2) is 5.91 Å². The van der Waals surface area contributed by atoms with E-state index in [1.807, 2.05) is 60.7 Å². The molecule has 0 fully saturated rings. The number of nitrogens with one attached hydrogen (secondary N) is 3. The number of benzene rings is 3. The number of nitrogens with zero attached hydrogens (tertiary/aromatic N) is 1. The summed E-state index contributed by atoms with van der Waals surface area (Å²) in [5.74, 6) is -0.577. The zero-order valence-electron chi connectivity index (χ0n) is 15.1. The Morgan fingerprint density at radius 1 is 0.897 bits per heavy atom. The van der Waals surface area contributed by atoms with E-state index < -0.39 is 5.91 Å². The van der Waals surface area contributed by atoms with E-state index in [0.717, 1.165) is 17.1 Å². The largest absolute Gasteiger partial charge is 0.360 e. The zero-order chi connectivity index (χ0) is 20.6. The van der Waals surface area contributed by atoms with Gasteiger partial charge in [0.1, 0.15) is 11.6 Å². The minimum absolute atomic E-state index is 0.0949. The Morgan fingerprint density at radius 3 is 2.21 bits per heavy atom. The summed E-state index contributed by atoms with van der Waals surface area (Å²) in [7, 11) is 0. The third kappa shape index (κ3) is 5.76. The maximum Gasteiger partial charge on any atom is 0.267 e. The number of nitriles is 1. The highest BCUT2D eigenvalue weighted by atomic mass is 35.5. The predicted octanol–water partition coefficient (Wildman–Crippen LogP) is 6.20. The normalized spacial score (nSPS) is 10.7. The fraction of sp³-hybridized carbons (Fsp3) is 0. The molecule has 3 rings (SSSR count). The van der Waals surface area contributed by atoms with Crippen LogP contribution in [0.5, 0.6) is 0 Å². The van der Waals surface area contributed by atoms with Gasteiger partial charge in [0.25, 0.3) is 5.91 Å². The van der Waals surface area contributed by atoms with Crippen molar-refractivity contribution >= 4 is 51.9 Å². The molecule has 0 aromatic heterocycles. The molecule has 0 saturated heterocycles. The van der Waals surface area contributed by atoms with Crippen LogP contribution in [0, 0.1) is 11.3 Å². The molecule has 3 aromatic carbocycles. The van der Waals surface area contributed by atoms with E-state index in [2.05, 4.69) is 16.0 Å². The van der Waals surface area contributed by atoms with Crippen LogP contribution in [0.1, 0.15) is 0 Å². The number of hydrogen-bond acceptors (Lipinski definition) is 4. The van der Waals surface area contributed by atoms with Crippen molar-refractivity contribution in [3.63, 3.8) is 0 Å². The van der Waals surface area contributed by atoms with E-state index in [4.69, 9.17) is 23.2 Å². The maximum atomic E-state index is 12.3. The molecule has 3 N–H and O–H groups in total. The van der Waals surface area contributed by atoms with Gasteiger partial charge in [0, 0.05) is 28.3 Å². The summed E-state index contributed by atoms with van der Waals surface area (Å²) < 4.78 is 0. The van der Waals surface area contributed by atoms with E-state index in [1.54, 1.807) is 12.1 Å². The standard InChI is InChI=1S/C22H16Cl2N4O/c23-16-6-11-21(20(24)12-16)28-22(29)15(13-25)14-26-17-7-9-19(10-8-17)27-18-4-2-1-3-5-18/h1-12,14,26-27H,(H,28,29)/b15-14-. The second-order valence-corrected chi connectivity index (χ2v) is 6.80. The SMILES string of the molecule is N#C/C(=C/Nc1ccc(Nc2ccccc2)cc1)C(=O)Nc1ccc(Cl)cc1Cl. The van der Waals surface area contributed by atoms with Crippen molar-refractivity contribution in [2.75, 3.05) is 16.0 Å². The smallest absolute Gasteiger partial charge is 0.267 e. The number of para-hydroxylation sites is 1. The fourth-order valence-corrected chi connectivity index (χ4v) is 2.88. The van der Waals surface area contributed by atoms with Gasteiger partial charge in [0.05, 0.1) is 10.7 Å². The van der Waals surface area contributed by atoms with Crippen LogP contribution in [0.15, 0.2) is 84.6 Å². The Kier molecular flexibility index (Phi) is 6.75. The molecule has 7 heteroatoms. The molecule has 29 heavy (non-hydrogen) atoms. The summed E-state index contributed by atoms with van der Waals surface area (Å²) in [6.45, 7) is 0. The highest BCUT2D eigenvalue weighted by molar-refractivity contribution is 6.36. The van der Waals surface area contributed by atoms with Crippen molar-refractivity contribution in [2.24, 2.45) is 0 Å². The van der Waals surface area contributed by atoms with Crippen LogP contribution in [0.3, 0.4) is 0 Å². The Labute approximate surface area is 178 Å². The van der Waals surface area contributed by atoms with Crippen molar-refractivity contribution in [3.8, 4) is 6.07 Å². The number of rotatable bonds is 6. The number of amides is 1. The lowest BCUT2D eigenvalue weighted by atomic mass is 10.2. The Hall–Kier alpha value is -3.46. The van der Waals surface area contributed by atoms with Crippen molar-refractivity contribution in [2.45, 2.75) is 0 Å². The number of carbonyl (C=O) groups excluding carboxylic acids is 1. The average molecular weight is 423 g/mol. The summed E-state index contributed by atoms with van der Waals surface area (Å²) in [5, 5.41) is 18.9. The first kappa shape index (κ1) is 20.3. The van der Waals surface area contributed by atoms with Crippen LogP contribution < -0.4 is 16.0 Å². The second kappa shape index (κ2) is 9.65. The van der Waals surface area contributed by atoms with Crippen LogP contribution >= 0.6 is 23.2 Å². The summed E-state index contributed by atoms with van der Waals surface area (Å²) in [4.78, 5) is 12.3. The molecule has 0 saturated carbocycles. The predicted molar refractivity (Wildman–Crippen MR) is 119 cm³/mol. The number of anilines is 4. The molecule has 0 bridgehead atoms. The van der Waals surface area contributed by atoms with Crippen molar-refractivity contribution < 1.29 is 4.79 Å². The number of halogens is 2. The lowest BCUT2D eigenvalue weighted by molar-refractivity contribution is -0.112. The van der Waals surface area contributed by atoms with Gasteiger partial charge in [-0.3, -0.25) is 4.79 Å². The van der Waals surface area contributed by atoms with E-state index in [9.17, 15) is 10.1 Å². The van der Waals surface area contributed by atoms with Gasteiger partial charge in [-0.15, -0.1) is 0 Å². The molecule has 0 aliphatic rings. The van der Waals surface area contributed by atoms with E-state index >= 15 is 0 Å². The molecule has 0 spiro atoms. The summed E-state index contributed by atoms with van der Waals surface area (Å²) >= 11 is 11.9. The first-order valence-electron chi connectivity index (χ1n) is 8.60. The van der Waals surface area contributed by atoms with Crippen molar-refractivity contribution in [3.05, 3.63) is 94.6 Å². The minimum Gasteiger partial charge on any atom is -0.360 e. The summed E-state index contributed by atoms with van der Waals surface area (Å²) in [6.07, 6.45) is 1.35. The van der Waals surface area contributed by atoms with Gasteiger partial charge in [0.2, 0.25) is 0 Å². The molecule has 0 aliphatic carbocycles. The molecule has 1 amide bonds. The lowest BCUT2D eigenvalue weighted by Gasteiger charge is -2.09. The average Bonchev–Trinajstić information content (AvgIpc) is 2.72. The third-order valence-corrected chi connectivity index (χ3v) is 4.42. The quantitative estimate of drug-likeness (QED) is 0.326. The number of carbonyl (C=O) groups is 1. The Balaban J connectivity index is 1.63. The maximum absolute atomic E-state index is 12.3. The zero-order valence-corrected chi connectivity index (χ0v) is 16.6. The van der Waals surface area contributed by atoms with Crippen LogP contribution in [0.25, 0.3) is 0 Å². The number of hydrogen-bond donors (Lipinski definition) is 3. The van der Waals surface area contributed by atoms with Crippen LogP contribution in [-0.2, 0) is 4.79 Å². The van der Waals surface area contributed by atoms with Crippen LogP contribution in [0.2, 0.25) is 10.0 Å². The molecule has 0 atom stereocenters. The monoisotopic (exact) mass is 422 g/mol. The Bertz CT molecular complexity index is 1070. The van der Waals surface area contributed by atoms with E-state index in [1.165, 1.54) is 12.3 Å². The molecule has 0 radical (unpaired) electrons. The minimum atomic E-state index is -0.577. The first-order valence-corrected chi connectivity index (χ1v) is 9.36. The molecule has 144 valence electrons. The molecule has 0 unspecified atom stereocenters. The third-order valence-electron chi connectivity index (χ3n) is 3.87. The lowest BCUT2D eigenvalue weighted by Crippen LogP contribution is -2.14. The fourth-order valence-electron chi connectivity index (χ4n) is 2.42. The van der Waals surface area contributed by atoms with Gasteiger partial charge in [-0.2, -0.15) is 5.26 Å². The van der Waals surface area contributed by atoms with Gasteiger partial charge >= 0.3 is 0 Å². The molecule has 5 nitrogen and oxygen atoms in total. The summed E-state index contributed by atoms with van der Waals surface area (Å²) in [5.41, 5.74) is 2.91. The first-order chi connectivity index (χ1) is 14.0. The van der Waals surface area contributed by atoms with E-state index in [0.29, 0.717) is 10.7 Å². The van der Waals surface area contributed by atoms with Gasteiger partial charge in [-0.05, 0) is 54.6 Å². The topological polar surface area (TPSA) is 77.0 Å². The molecule has 0 heterocycles. The highest BCUT2D eigenvalue weighted by Gasteiger charge is 2.11. The van der Waals surface area contributed by atoms with Crippen molar-refractivity contribution in [1.29, 1.82) is 5.26 Å². The molecular formula is C22H16Cl2N4O. The van der Waals surface area contributed by atoms with Gasteiger partial charge < -0.3 is 16.0 Å². The second-order valence-electron chi connectivity index (χ2n) is 5.96. The van der Waals surface area contributed by atoms with Gasteiger partial charge in [-0.1, -0.05) is 41.4 Å². The van der Waals surface area contributed by atoms with Gasteiger partial charge in [-0.25, -0.2) is 0 Å². The Morgan fingerprint density at radius 2 is 1.55 bits per heavy atom. The molecular weight excluding hydrogens is 407 g/mol. The highest BCUT2D eigenvalue weighted by Crippen LogP contribution is 2.25. The van der Waals surface area contributed by atoms with Gasteiger partial charge in [0.15, 0.2) is 0 Å². The molecule has 3 aromatic rings. The van der Waals surface area contributed by atoms with Crippen LogP contribution in [0.4, 0.5) is 22.7 Å². The molecule has 0 aliphatic heterocycles. The van der Waals surface area contributed by atoms with Crippen molar-refractivity contribution in [1.82, 2.24) is 0 Å². The summed E-state index contributed by atoms with van der Waals surface area (Å²) in [6, 6.07) is 23.8. The van der Waals surface area contributed by atoms with E-state index in [-0.39, 0.29) is 10.6 Å².